The number of carbonyl (C=O) groups excluding carboxylic acids is 1. The van der Waals surface area contributed by atoms with E-state index >= 15 is 0 Å². The Morgan fingerprint density at radius 3 is 1.79 bits per heavy atom. The number of carboxylic acids is 1. The Kier molecular flexibility index (Phi) is 9.10. The van der Waals surface area contributed by atoms with Crippen molar-refractivity contribution in [3.63, 3.8) is 0 Å². The number of nitrogens with one attached hydrogen (secondary N) is 1. The molecule has 3 rings (SSSR count). The van der Waals surface area contributed by atoms with Gasteiger partial charge in [0.2, 0.25) is 0 Å². The fraction of sp³-hybridized carbons (Fsp3) is 0.136. The Hall–Kier alpha value is -1.45. The molecular weight excluding hydrogens is 403 g/mol. The molecule has 0 spiro atoms. The van der Waals surface area contributed by atoms with Crippen LogP contribution in [0.5, 0.6) is 0 Å². The molecule has 7 heteroatoms. The molecule has 3 aromatic carbocycles. The number of aliphatic hydroxyl groups excluding tert-OH is 1. The molecule has 0 aliphatic rings. The summed E-state index contributed by atoms with van der Waals surface area (Å²) >= 11 is 0. The molecule has 0 aromatic heterocycles. The van der Waals surface area contributed by atoms with E-state index in [4.69, 9.17) is 0 Å². The van der Waals surface area contributed by atoms with Crippen LogP contribution in [0.4, 0.5) is 8.78 Å². The first-order valence-electron chi connectivity index (χ1n) is 8.66. The van der Waals surface area contributed by atoms with Gasteiger partial charge in [-0.05, 0) is 28.8 Å². The average molecular weight is 421 g/mol. The summed E-state index contributed by atoms with van der Waals surface area (Å²) in [5, 5.41) is 25.4. The topological polar surface area (TPSA) is 72.4 Å². The van der Waals surface area contributed by atoms with E-state index < -0.39 is 35.8 Å². The van der Waals surface area contributed by atoms with Crippen LogP contribution in [-0.4, -0.2) is 11.1 Å². The van der Waals surface area contributed by atoms with Crippen LogP contribution in [-0.2, 0) is 4.79 Å². The number of hydrogen-bond donors (Lipinski definition) is 2. The Morgan fingerprint density at radius 2 is 1.31 bits per heavy atom. The van der Waals surface area contributed by atoms with Gasteiger partial charge in [0.05, 0.1) is 24.2 Å². The van der Waals surface area contributed by atoms with Crippen molar-refractivity contribution in [2.45, 2.75) is 18.2 Å². The minimum absolute atomic E-state index is 0. The smallest absolute Gasteiger partial charge is 0.548 e. The summed E-state index contributed by atoms with van der Waals surface area (Å²) in [6.45, 7) is 0. The molecule has 2 N–H and O–H groups in total. The van der Waals surface area contributed by atoms with E-state index in [2.05, 4.69) is 5.32 Å². The summed E-state index contributed by atoms with van der Waals surface area (Å²) in [7, 11) is 0. The molecule has 4 nitrogen and oxygen atoms in total. The van der Waals surface area contributed by atoms with Crippen LogP contribution in [0.25, 0.3) is 0 Å². The monoisotopic (exact) mass is 421 g/mol. The summed E-state index contributed by atoms with van der Waals surface area (Å²) in [4.78, 5) is 11.7. The van der Waals surface area contributed by atoms with E-state index in [1.807, 2.05) is 0 Å². The minimum Gasteiger partial charge on any atom is -0.548 e. The minimum atomic E-state index is -1.56. The van der Waals surface area contributed by atoms with Crippen molar-refractivity contribution in [2.24, 2.45) is 0 Å². The molecule has 29 heavy (non-hydrogen) atoms. The number of rotatable bonds is 7. The van der Waals surface area contributed by atoms with Gasteiger partial charge in [0.25, 0.3) is 0 Å². The zero-order chi connectivity index (χ0) is 20.1. The van der Waals surface area contributed by atoms with E-state index in [-0.39, 0.29) is 56.9 Å². The van der Waals surface area contributed by atoms with Crippen LogP contribution in [0.3, 0.4) is 0 Å². The normalized spacial score (nSPS) is 13.8. The van der Waals surface area contributed by atoms with Crippen LogP contribution in [0.15, 0.2) is 78.9 Å². The number of aliphatic hydroxyl groups is 1. The molecule has 1 unspecified atom stereocenters. The van der Waals surface area contributed by atoms with Crippen LogP contribution >= 0.6 is 0 Å². The molecule has 144 valence electrons. The second kappa shape index (κ2) is 11.1. The second-order valence-corrected chi connectivity index (χ2v) is 6.37. The van der Waals surface area contributed by atoms with Gasteiger partial charge >= 0.3 is 51.4 Å². The number of aliphatic carboxylic acids is 1. The number of hydrogen-bond acceptors (Lipinski definition) is 4. The summed E-state index contributed by atoms with van der Waals surface area (Å²) < 4.78 is 27.2. The maximum absolute atomic E-state index is 13.6. The van der Waals surface area contributed by atoms with E-state index in [1.54, 1.807) is 60.7 Å². The first-order chi connectivity index (χ1) is 13.5. The van der Waals surface area contributed by atoms with Gasteiger partial charge in [-0.25, -0.2) is 8.78 Å². The van der Waals surface area contributed by atoms with Gasteiger partial charge in [-0.3, -0.25) is 5.32 Å². The average Bonchev–Trinajstić information content (AvgIpc) is 2.68. The van der Waals surface area contributed by atoms with Crippen molar-refractivity contribution in [1.29, 1.82) is 0 Å². The number of carboxylic acid groups (broad SMARTS) is 1. The van der Waals surface area contributed by atoms with Crippen LogP contribution in [0.1, 0.15) is 34.9 Å². The first kappa shape index (κ1) is 23.8. The van der Waals surface area contributed by atoms with Gasteiger partial charge in [-0.15, -0.1) is 0 Å². The maximum atomic E-state index is 13.6. The molecular formula is C22H18F2KNO3. The van der Waals surface area contributed by atoms with Gasteiger partial charge in [0, 0.05) is 6.07 Å². The van der Waals surface area contributed by atoms with Gasteiger partial charge in [0.15, 0.2) is 0 Å². The third-order valence-corrected chi connectivity index (χ3v) is 4.42. The number of halogens is 2. The summed E-state index contributed by atoms with van der Waals surface area (Å²) in [6.07, 6.45) is -1.11. The predicted molar refractivity (Wildman–Crippen MR) is 97.8 cm³/mol. The van der Waals surface area contributed by atoms with Crippen LogP contribution in [0, 0.1) is 11.6 Å². The molecule has 0 bridgehead atoms. The predicted octanol–water partition coefficient (Wildman–Crippen LogP) is -0.176. The summed E-state index contributed by atoms with van der Waals surface area (Å²) in [5.41, 5.74) is 1.03. The molecule has 3 atom stereocenters. The fourth-order valence-electron chi connectivity index (χ4n) is 3.09. The molecule has 0 aliphatic heterocycles. The van der Waals surface area contributed by atoms with Crippen molar-refractivity contribution in [3.05, 3.63) is 107 Å². The molecule has 3 aromatic rings. The van der Waals surface area contributed by atoms with Crippen molar-refractivity contribution in [3.8, 4) is 0 Å². The van der Waals surface area contributed by atoms with Crippen molar-refractivity contribution >= 4 is 5.97 Å². The molecule has 0 radical (unpaired) electrons. The van der Waals surface area contributed by atoms with Gasteiger partial charge in [-0.1, -0.05) is 60.7 Å². The Balaban J connectivity index is 0.00000300. The second-order valence-electron chi connectivity index (χ2n) is 6.37. The molecule has 0 heterocycles. The summed E-state index contributed by atoms with van der Waals surface area (Å²) in [6, 6.07) is 17.5. The van der Waals surface area contributed by atoms with Crippen LogP contribution < -0.4 is 61.8 Å². The van der Waals surface area contributed by atoms with Crippen molar-refractivity contribution in [1.82, 2.24) is 5.32 Å². The third kappa shape index (κ3) is 6.26. The van der Waals surface area contributed by atoms with Crippen molar-refractivity contribution in [2.75, 3.05) is 0 Å². The molecule has 0 aliphatic carbocycles. The largest absolute Gasteiger partial charge is 1.00 e. The van der Waals surface area contributed by atoms with Gasteiger partial charge < -0.3 is 15.0 Å². The number of carbonyl (C=O) groups is 1. The SMILES string of the molecule is O=C([O-])C(N[C@H](c1ccccc1)[C@@H](O)c1ccccc1)c1cc(F)cc(F)c1.[K+]. The van der Waals surface area contributed by atoms with E-state index in [0.717, 1.165) is 12.1 Å². The number of benzene rings is 3. The third-order valence-electron chi connectivity index (χ3n) is 4.42. The first-order valence-corrected chi connectivity index (χ1v) is 8.66. The fourth-order valence-corrected chi connectivity index (χ4v) is 3.09. The molecule has 0 saturated carbocycles. The standard InChI is InChI=1S/C22H19F2NO3.K/c23-17-11-16(12-18(24)13-17)20(22(27)28)25-19(14-7-3-1-4-8-14)21(26)15-9-5-2-6-10-15;/h1-13,19-21,25-26H,(H,27,28);/q;+1/p-1/t19-,20?,21+;/m1./s1. The van der Waals surface area contributed by atoms with Crippen molar-refractivity contribution < 1.29 is 75.2 Å². The molecule has 0 saturated heterocycles. The quantitative estimate of drug-likeness (QED) is 0.520. The Bertz CT molecular complexity index is 921. The van der Waals surface area contributed by atoms with Gasteiger partial charge in [-0.2, -0.15) is 0 Å². The van der Waals surface area contributed by atoms with Gasteiger partial charge in [0.1, 0.15) is 11.6 Å². The van der Waals surface area contributed by atoms with E-state index in [1.165, 1.54) is 0 Å². The Labute approximate surface area is 210 Å². The van der Waals surface area contributed by atoms with E-state index in [0.29, 0.717) is 17.2 Å². The zero-order valence-electron chi connectivity index (χ0n) is 15.8. The zero-order valence-corrected chi connectivity index (χ0v) is 18.9. The van der Waals surface area contributed by atoms with E-state index in [9.17, 15) is 23.8 Å². The Morgan fingerprint density at radius 1 is 0.828 bits per heavy atom. The molecule has 0 amide bonds. The summed E-state index contributed by atoms with van der Waals surface area (Å²) in [5.74, 6) is -3.36. The van der Waals surface area contributed by atoms with Crippen LogP contribution in [0.2, 0.25) is 0 Å². The molecule has 0 fully saturated rings. The maximum Gasteiger partial charge on any atom is 1.00 e.